The Hall–Kier alpha value is -2.56. The minimum Gasteiger partial charge on any atom is -0.491 e. The van der Waals surface area contributed by atoms with Gasteiger partial charge in [-0.15, -0.1) is 0 Å². The van der Waals surface area contributed by atoms with Crippen LogP contribution in [0.1, 0.15) is 42.7 Å². The van der Waals surface area contributed by atoms with Crippen molar-refractivity contribution in [2.45, 2.75) is 32.9 Å². The maximum absolute atomic E-state index is 12.3. The summed E-state index contributed by atoms with van der Waals surface area (Å²) in [6, 6.07) is 10.3. The molecule has 2 aromatic rings. The predicted molar refractivity (Wildman–Crippen MR) is 89.8 cm³/mol. The molecule has 1 N–H and O–H groups in total. The number of aryl methyl sites for hydroxylation is 1. The fraction of sp³-hybridized carbons (Fsp3) is 0.333. The third kappa shape index (κ3) is 4.22. The van der Waals surface area contributed by atoms with E-state index in [1.165, 1.54) is 10.6 Å². The van der Waals surface area contributed by atoms with E-state index in [4.69, 9.17) is 4.74 Å². The summed E-state index contributed by atoms with van der Waals surface area (Å²) < 4.78 is 7.21. The van der Waals surface area contributed by atoms with Gasteiger partial charge in [0, 0.05) is 30.4 Å². The van der Waals surface area contributed by atoms with Gasteiger partial charge in [0.05, 0.1) is 12.1 Å². The van der Waals surface area contributed by atoms with E-state index < -0.39 is 0 Å². The normalized spacial score (nSPS) is 12.0. The van der Waals surface area contributed by atoms with Crippen LogP contribution >= 0.6 is 0 Å². The Morgan fingerprint density at radius 1 is 1.17 bits per heavy atom. The summed E-state index contributed by atoms with van der Waals surface area (Å²) in [5.74, 6) is 0.467. The quantitative estimate of drug-likeness (QED) is 0.923. The molecule has 0 radical (unpaired) electrons. The average molecular weight is 314 g/mol. The summed E-state index contributed by atoms with van der Waals surface area (Å²) in [6.45, 7) is 5.81. The van der Waals surface area contributed by atoms with Crippen LogP contribution in [0.4, 0.5) is 0 Å². The Morgan fingerprint density at radius 3 is 2.52 bits per heavy atom. The second kappa shape index (κ2) is 7.13. The minimum atomic E-state index is -0.283. The van der Waals surface area contributed by atoms with Crippen LogP contribution in [0.3, 0.4) is 0 Å². The van der Waals surface area contributed by atoms with Crippen molar-refractivity contribution in [1.29, 1.82) is 0 Å². The highest BCUT2D eigenvalue weighted by Gasteiger charge is 2.16. The molecule has 0 aliphatic rings. The number of hydrogen-bond donors (Lipinski definition) is 1. The molecule has 1 aromatic heterocycles. The third-order valence-electron chi connectivity index (χ3n) is 3.46. The number of carbonyl (C=O) groups is 1. The molecule has 0 aliphatic heterocycles. The van der Waals surface area contributed by atoms with Crippen molar-refractivity contribution in [2.75, 3.05) is 0 Å². The molecule has 0 fully saturated rings. The van der Waals surface area contributed by atoms with Gasteiger partial charge in [0.25, 0.3) is 11.5 Å². The van der Waals surface area contributed by atoms with E-state index in [0.717, 1.165) is 11.3 Å². The third-order valence-corrected chi connectivity index (χ3v) is 3.46. The lowest BCUT2D eigenvalue weighted by Gasteiger charge is -2.20. The highest BCUT2D eigenvalue weighted by molar-refractivity contribution is 5.94. The fourth-order valence-corrected chi connectivity index (χ4v) is 2.25. The Bertz CT molecular complexity index is 750. The van der Waals surface area contributed by atoms with Gasteiger partial charge in [-0.05, 0) is 32.9 Å². The van der Waals surface area contributed by atoms with Crippen molar-refractivity contribution in [1.82, 2.24) is 9.88 Å². The zero-order valence-electron chi connectivity index (χ0n) is 13.9. The summed E-state index contributed by atoms with van der Waals surface area (Å²) in [6.07, 6.45) is 1.63. The first kappa shape index (κ1) is 16.8. The number of rotatable bonds is 5. The minimum absolute atomic E-state index is 0.0520. The molecule has 0 bridgehead atoms. The molecule has 0 saturated carbocycles. The van der Waals surface area contributed by atoms with Gasteiger partial charge in [-0.3, -0.25) is 9.59 Å². The molecule has 0 saturated heterocycles. The SMILES string of the molecule is CC(C)Oc1ccccc1[C@@H](C)NC(=O)c1ccn(C)c(=O)c1. The molecule has 0 aliphatic carbocycles. The number of nitrogens with zero attached hydrogens (tertiary/aromatic N) is 1. The van der Waals surface area contributed by atoms with Crippen LogP contribution in [-0.2, 0) is 7.05 Å². The van der Waals surface area contributed by atoms with E-state index in [0.29, 0.717) is 5.56 Å². The number of aromatic nitrogens is 1. The van der Waals surface area contributed by atoms with E-state index in [9.17, 15) is 9.59 Å². The van der Waals surface area contributed by atoms with E-state index in [2.05, 4.69) is 5.32 Å². The first-order valence-corrected chi connectivity index (χ1v) is 7.61. The molecule has 1 amide bonds. The van der Waals surface area contributed by atoms with Gasteiger partial charge in [0.15, 0.2) is 0 Å². The first-order valence-electron chi connectivity index (χ1n) is 7.61. The van der Waals surface area contributed by atoms with Crippen LogP contribution in [0, 0.1) is 0 Å². The number of carbonyl (C=O) groups excluding carboxylic acids is 1. The monoisotopic (exact) mass is 314 g/mol. The second-order valence-electron chi connectivity index (χ2n) is 5.76. The summed E-state index contributed by atoms with van der Waals surface area (Å²) in [5.41, 5.74) is 1.04. The van der Waals surface area contributed by atoms with Crippen molar-refractivity contribution in [3.63, 3.8) is 0 Å². The van der Waals surface area contributed by atoms with Crippen LogP contribution in [-0.4, -0.2) is 16.6 Å². The van der Waals surface area contributed by atoms with Crippen molar-refractivity contribution in [2.24, 2.45) is 7.05 Å². The number of hydrogen-bond acceptors (Lipinski definition) is 3. The molecule has 2 rings (SSSR count). The lowest BCUT2D eigenvalue weighted by atomic mass is 10.1. The highest BCUT2D eigenvalue weighted by Crippen LogP contribution is 2.25. The topological polar surface area (TPSA) is 60.3 Å². The number of ether oxygens (including phenoxy) is 1. The number of nitrogens with one attached hydrogen (secondary N) is 1. The zero-order chi connectivity index (χ0) is 17.0. The molecule has 0 spiro atoms. The molecule has 5 nitrogen and oxygen atoms in total. The van der Waals surface area contributed by atoms with Gasteiger partial charge in [-0.25, -0.2) is 0 Å². The predicted octanol–water partition coefficient (Wildman–Crippen LogP) is 2.66. The number of benzene rings is 1. The molecule has 23 heavy (non-hydrogen) atoms. The van der Waals surface area contributed by atoms with Gasteiger partial charge in [-0.1, -0.05) is 18.2 Å². The largest absolute Gasteiger partial charge is 0.491 e. The molecule has 1 atom stereocenters. The molecule has 1 aromatic carbocycles. The standard InChI is InChI=1S/C18H22N2O3/c1-12(2)23-16-8-6-5-7-15(16)13(3)19-18(22)14-9-10-20(4)17(21)11-14/h5-13H,1-4H3,(H,19,22)/t13-/m1/s1. The highest BCUT2D eigenvalue weighted by atomic mass is 16.5. The van der Waals surface area contributed by atoms with Crippen molar-refractivity contribution in [3.05, 3.63) is 64.1 Å². The van der Waals surface area contributed by atoms with Crippen LogP contribution < -0.4 is 15.6 Å². The molecule has 5 heteroatoms. The van der Waals surface area contributed by atoms with E-state index in [1.807, 2.05) is 45.0 Å². The van der Waals surface area contributed by atoms with E-state index in [-0.39, 0.29) is 23.6 Å². The zero-order valence-corrected chi connectivity index (χ0v) is 13.9. The Kier molecular flexibility index (Phi) is 5.21. The first-order chi connectivity index (χ1) is 10.9. The van der Waals surface area contributed by atoms with Crippen molar-refractivity contribution >= 4 is 5.91 Å². The van der Waals surface area contributed by atoms with Gasteiger partial charge in [0.2, 0.25) is 0 Å². The molecule has 1 heterocycles. The molecular weight excluding hydrogens is 292 g/mol. The van der Waals surface area contributed by atoms with Gasteiger partial charge in [0.1, 0.15) is 5.75 Å². The number of pyridine rings is 1. The van der Waals surface area contributed by atoms with Crippen LogP contribution in [0.15, 0.2) is 47.4 Å². The smallest absolute Gasteiger partial charge is 0.252 e. The van der Waals surface area contributed by atoms with Crippen LogP contribution in [0.5, 0.6) is 5.75 Å². The molecule has 122 valence electrons. The number of para-hydroxylation sites is 1. The van der Waals surface area contributed by atoms with Gasteiger partial charge in [-0.2, -0.15) is 0 Å². The Balaban J connectivity index is 2.18. The lowest BCUT2D eigenvalue weighted by molar-refractivity contribution is 0.0939. The van der Waals surface area contributed by atoms with Crippen LogP contribution in [0.2, 0.25) is 0 Å². The molecule has 0 unspecified atom stereocenters. The summed E-state index contributed by atoms with van der Waals surface area (Å²) in [7, 11) is 1.64. The summed E-state index contributed by atoms with van der Waals surface area (Å²) in [5, 5.41) is 2.91. The fourth-order valence-electron chi connectivity index (χ4n) is 2.25. The van der Waals surface area contributed by atoms with Crippen molar-refractivity contribution < 1.29 is 9.53 Å². The second-order valence-corrected chi connectivity index (χ2v) is 5.76. The summed E-state index contributed by atoms with van der Waals surface area (Å²) in [4.78, 5) is 24.0. The van der Waals surface area contributed by atoms with Gasteiger partial charge < -0.3 is 14.6 Å². The number of amides is 1. The maximum atomic E-state index is 12.3. The van der Waals surface area contributed by atoms with Crippen LogP contribution in [0.25, 0.3) is 0 Å². The molecular formula is C18H22N2O3. The van der Waals surface area contributed by atoms with E-state index >= 15 is 0 Å². The average Bonchev–Trinajstić information content (AvgIpc) is 2.49. The van der Waals surface area contributed by atoms with Gasteiger partial charge >= 0.3 is 0 Å². The summed E-state index contributed by atoms with van der Waals surface area (Å²) >= 11 is 0. The Labute approximate surface area is 135 Å². The lowest BCUT2D eigenvalue weighted by Crippen LogP contribution is -2.29. The van der Waals surface area contributed by atoms with E-state index in [1.54, 1.807) is 19.3 Å². The maximum Gasteiger partial charge on any atom is 0.252 e. The van der Waals surface area contributed by atoms with Crippen molar-refractivity contribution in [3.8, 4) is 5.75 Å². The Morgan fingerprint density at radius 2 is 1.87 bits per heavy atom.